The molecule has 168 valence electrons. The normalized spacial score (nSPS) is 51.0. The minimum atomic E-state index is 0.174. The molecule has 0 aromatic carbocycles. The highest BCUT2D eigenvalue weighted by Gasteiger charge is 2.67. The van der Waals surface area contributed by atoms with Gasteiger partial charge in [0.05, 0.1) is 6.10 Å². The summed E-state index contributed by atoms with van der Waals surface area (Å²) in [7, 11) is 1.90. The Morgan fingerprint density at radius 3 is 1.81 bits per heavy atom. The van der Waals surface area contributed by atoms with Gasteiger partial charge in [-0.2, -0.15) is 0 Å². The van der Waals surface area contributed by atoms with Crippen molar-refractivity contribution in [1.82, 2.24) is 0 Å². The van der Waals surface area contributed by atoms with Crippen LogP contribution in [0.4, 0.5) is 0 Å². The Balaban J connectivity index is 1.53. The maximum atomic E-state index is 6.19. The van der Waals surface area contributed by atoms with Gasteiger partial charge in [-0.1, -0.05) is 70.5 Å². The van der Waals surface area contributed by atoms with Crippen molar-refractivity contribution < 1.29 is 4.74 Å². The van der Waals surface area contributed by atoms with Crippen LogP contribution < -0.4 is 0 Å². The molecule has 12 unspecified atom stereocenters. The Labute approximate surface area is 194 Å². The Kier molecular flexibility index (Phi) is 4.58. The Morgan fingerprint density at radius 1 is 0.719 bits per heavy atom. The van der Waals surface area contributed by atoms with Crippen molar-refractivity contribution in [2.75, 3.05) is 7.11 Å². The fraction of sp³-hybridized carbons (Fsp3) is 0.548. The third-order valence-corrected chi connectivity index (χ3v) is 10.9. The molecule has 5 saturated carbocycles. The van der Waals surface area contributed by atoms with Crippen LogP contribution in [0.25, 0.3) is 0 Å². The first kappa shape index (κ1) is 20.7. The third-order valence-electron chi connectivity index (χ3n) is 10.9. The van der Waals surface area contributed by atoms with Crippen molar-refractivity contribution in [3.05, 3.63) is 84.6 Å². The van der Waals surface area contributed by atoms with Crippen molar-refractivity contribution >= 4 is 0 Å². The minimum Gasteiger partial charge on any atom is -0.377 e. The van der Waals surface area contributed by atoms with E-state index in [2.05, 4.69) is 57.4 Å². The van der Waals surface area contributed by atoms with Gasteiger partial charge in [-0.25, -0.2) is 0 Å². The fourth-order valence-electron chi connectivity index (χ4n) is 9.58. The standard InChI is InChI=1S/C31H38O/c1-15-16(2)27-18(4)20(6)29-24-14-25(32-7)22-12-10-8-9-11-21(22)13-23(24)28-19(5)17(3)26(15)30(28)31(27)29/h8-12,15-16,21,23-31H,3-6,13-14H2,1-2,7H3. The number of fused-ring (bicyclic) bond motifs is 4. The molecule has 6 aliphatic rings. The van der Waals surface area contributed by atoms with Crippen LogP contribution in [0.2, 0.25) is 0 Å². The van der Waals surface area contributed by atoms with Crippen LogP contribution in [0.5, 0.6) is 0 Å². The summed E-state index contributed by atoms with van der Waals surface area (Å²) >= 11 is 0. The summed E-state index contributed by atoms with van der Waals surface area (Å²) in [5.74, 6) is 6.43. The monoisotopic (exact) mass is 426 g/mol. The second kappa shape index (κ2) is 7.07. The molecular weight excluding hydrogens is 388 g/mol. The highest BCUT2D eigenvalue weighted by atomic mass is 16.5. The number of allylic oxidation sites excluding steroid dienone is 9. The van der Waals surface area contributed by atoms with E-state index in [-0.39, 0.29) is 6.10 Å². The predicted molar refractivity (Wildman–Crippen MR) is 133 cm³/mol. The molecule has 0 N–H and O–H groups in total. The van der Waals surface area contributed by atoms with Crippen molar-refractivity contribution in [3.63, 3.8) is 0 Å². The molecule has 0 aromatic rings. The summed E-state index contributed by atoms with van der Waals surface area (Å²) in [6.45, 7) is 23.7. The first-order valence-corrected chi connectivity index (χ1v) is 12.7. The van der Waals surface area contributed by atoms with Crippen molar-refractivity contribution in [2.45, 2.75) is 32.8 Å². The van der Waals surface area contributed by atoms with Gasteiger partial charge in [0.1, 0.15) is 0 Å². The molecule has 0 amide bonds. The van der Waals surface area contributed by atoms with Gasteiger partial charge in [-0.15, -0.1) is 0 Å². The largest absolute Gasteiger partial charge is 0.377 e. The summed E-state index contributed by atoms with van der Waals surface area (Å²) in [4.78, 5) is 0. The molecule has 0 heterocycles. The van der Waals surface area contributed by atoms with E-state index in [1.807, 2.05) is 7.11 Å². The van der Waals surface area contributed by atoms with E-state index in [1.165, 1.54) is 34.3 Å². The van der Waals surface area contributed by atoms with Gasteiger partial charge in [0.15, 0.2) is 0 Å². The lowest BCUT2D eigenvalue weighted by Gasteiger charge is -2.55. The van der Waals surface area contributed by atoms with Crippen molar-refractivity contribution in [3.8, 4) is 0 Å². The van der Waals surface area contributed by atoms with Crippen LogP contribution in [0.15, 0.2) is 84.6 Å². The van der Waals surface area contributed by atoms with Crippen LogP contribution in [-0.2, 0) is 4.74 Å². The van der Waals surface area contributed by atoms with E-state index >= 15 is 0 Å². The summed E-state index contributed by atoms with van der Waals surface area (Å²) in [6.07, 6.45) is 13.8. The lowest BCUT2D eigenvalue weighted by Crippen LogP contribution is -2.52. The molecule has 12 atom stereocenters. The van der Waals surface area contributed by atoms with E-state index in [0.717, 1.165) is 6.42 Å². The highest BCUT2D eigenvalue weighted by molar-refractivity contribution is 5.48. The second-order valence-corrected chi connectivity index (χ2v) is 11.6. The van der Waals surface area contributed by atoms with Crippen molar-refractivity contribution in [1.29, 1.82) is 0 Å². The SMILES string of the molecule is C=C1C(=C)C2C3CC4C=CC=CC=C4C(OC)CC3C3C(=C)C(=C)C4C(C)C(C)C1C2C43. The minimum absolute atomic E-state index is 0.174. The maximum absolute atomic E-state index is 6.19. The molecule has 0 spiro atoms. The lowest BCUT2D eigenvalue weighted by molar-refractivity contribution is -0.0690. The van der Waals surface area contributed by atoms with Gasteiger partial charge in [0.25, 0.3) is 0 Å². The number of methoxy groups -OCH3 is 1. The molecule has 6 rings (SSSR count). The van der Waals surface area contributed by atoms with Gasteiger partial charge in [0, 0.05) is 13.0 Å². The van der Waals surface area contributed by atoms with Crippen LogP contribution >= 0.6 is 0 Å². The summed E-state index contributed by atoms with van der Waals surface area (Å²) in [6, 6.07) is 0. The number of hydrogen-bond acceptors (Lipinski definition) is 1. The number of hydrogen-bond donors (Lipinski definition) is 0. The van der Waals surface area contributed by atoms with Crippen LogP contribution in [-0.4, -0.2) is 13.2 Å². The zero-order chi connectivity index (χ0) is 22.5. The van der Waals surface area contributed by atoms with E-state index < -0.39 is 0 Å². The molecular formula is C31H38O. The predicted octanol–water partition coefficient (Wildman–Crippen LogP) is 6.94. The maximum Gasteiger partial charge on any atom is 0.0793 e. The average molecular weight is 427 g/mol. The summed E-state index contributed by atoms with van der Waals surface area (Å²) in [5, 5.41) is 0. The molecule has 32 heavy (non-hydrogen) atoms. The molecule has 0 aromatic heterocycles. The molecule has 0 aliphatic heterocycles. The van der Waals surface area contributed by atoms with Gasteiger partial charge in [-0.3, -0.25) is 0 Å². The molecule has 6 aliphatic carbocycles. The molecule has 1 nitrogen and oxygen atoms in total. The van der Waals surface area contributed by atoms with Crippen LogP contribution in [0, 0.1) is 65.1 Å². The zero-order valence-corrected chi connectivity index (χ0v) is 20.0. The first-order chi connectivity index (χ1) is 15.4. The summed E-state index contributed by atoms with van der Waals surface area (Å²) < 4.78 is 6.19. The van der Waals surface area contributed by atoms with Gasteiger partial charge in [0.2, 0.25) is 0 Å². The zero-order valence-electron chi connectivity index (χ0n) is 20.0. The van der Waals surface area contributed by atoms with Crippen molar-refractivity contribution in [2.24, 2.45) is 65.1 Å². The smallest absolute Gasteiger partial charge is 0.0793 e. The number of ether oxygens (including phenoxy) is 1. The van der Waals surface area contributed by atoms with E-state index in [0.29, 0.717) is 65.1 Å². The van der Waals surface area contributed by atoms with Gasteiger partial charge < -0.3 is 4.74 Å². The van der Waals surface area contributed by atoms with Crippen LogP contribution in [0.3, 0.4) is 0 Å². The van der Waals surface area contributed by atoms with E-state index in [4.69, 9.17) is 17.9 Å². The molecule has 0 radical (unpaired) electrons. The average Bonchev–Trinajstić information content (AvgIpc) is 3.01. The third kappa shape index (κ3) is 2.44. The Hall–Kier alpha value is -1.86. The van der Waals surface area contributed by atoms with Gasteiger partial charge in [-0.05, 0) is 99.9 Å². The highest BCUT2D eigenvalue weighted by Crippen LogP contribution is 2.73. The fourth-order valence-corrected chi connectivity index (χ4v) is 9.58. The second-order valence-electron chi connectivity index (χ2n) is 11.6. The molecule has 0 bridgehead atoms. The summed E-state index contributed by atoms with van der Waals surface area (Å²) in [5.41, 5.74) is 6.90. The first-order valence-electron chi connectivity index (χ1n) is 12.7. The van der Waals surface area contributed by atoms with E-state index in [1.54, 1.807) is 0 Å². The topological polar surface area (TPSA) is 9.23 Å². The quantitative estimate of drug-likeness (QED) is 0.441. The van der Waals surface area contributed by atoms with Gasteiger partial charge >= 0.3 is 0 Å². The lowest BCUT2D eigenvalue weighted by atomic mass is 9.48. The Morgan fingerprint density at radius 2 is 1.25 bits per heavy atom. The Bertz CT molecular complexity index is 1000. The van der Waals surface area contributed by atoms with Crippen LogP contribution in [0.1, 0.15) is 26.7 Å². The molecule has 0 saturated heterocycles. The van der Waals surface area contributed by atoms with E-state index in [9.17, 15) is 0 Å². The molecule has 1 heteroatoms. The number of rotatable bonds is 1. The molecule has 5 fully saturated rings.